The van der Waals surface area contributed by atoms with Gasteiger partial charge in [0.2, 0.25) is 0 Å². The molecule has 8 heteroatoms. The van der Waals surface area contributed by atoms with Gasteiger partial charge in [-0.05, 0) is 24.3 Å². The van der Waals surface area contributed by atoms with Gasteiger partial charge in [-0.15, -0.1) is 0 Å². The SMILES string of the molecule is COc1cccc(OC)c1C=c1[nH]c(=O)c(=Cc2nc[nH]c2C(C)(C)C)[nH]c1=O. The summed E-state index contributed by atoms with van der Waals surface area (Å²) < 4.78 is 10.7. The molecule has 29 heavy (non-hydrogen) atoms. The van der Waals surface area contributed by atoms with Crippen LogP contribution < -0.4 is 31.3 Å². The molecule has 0 bridgehead atoms. The Hall–Kier alpha value is -3.55. The van der Waals surface area contributed by atoms with E-state index < -0.39 is 11.1 Å². The lowest BCUT2D eigenvalue weighted by Gasteiger charge is -2.16. The summed E-state index contributed by atoms with van der Waals surface area (Å²) in [6.45, 7) is 6.09. The second kappa shape index (κ2) is 7.83. The van der Waals surface area contributed by atoms with Crippen LogP contribution in [0.25, 0.3) is 12.2 Å². The van der Waals surface area contributed by atoms with E-state index in [-0.39, 0.29) is 16.1 Å². The van der Waals surface area contributed by atoms with Crippen LogP contribution in [-0.2, 0) is 5.41 Å². The van der Waals surface area contributed by atoms with Crippen molar-refractivity contribution in [1.82, 2.24) is 19.9 Å². The van der Waals surface area contributed by atoms with Crippen molar-refractivity contribution in [2.75, 3.05) is 14.2 Å². The number of aromatic amines is 3. The Bertz CT molecular complexity index is 1240. The zero-order valence-electron chi connectivity index (χ0n) is 17.0. The molecule has 0 spiro atoms. The Morgan fingerprint density at radius 2 is 1.48 bits per heavy atom. The van der Waals surface area contributed by atoms with E-state index in [9.17, 15) is 9.59 Å². The zero-order chi connectivity index (χ0) is 21.2. The number of nitrogens with zero attached hydrogens (tertiary/aromatic N) is 1. The molecule has 0 aliphatic carbocycles. The average Bonchev–Trinajstić information content (AvgIpc) is 3.14. The standard InChI is InChI=1S/C21H24N4O4/c1-21(2,3)18-13(22-11-23-18)10-15-20(27)24-14(19(26)25-15)9-12-16(28-4)7-6-8-17(12)29-5/h6-11H,1-5H3,(H,22,23)(H,24,27)(H,25,26). The van der Waals surface area contributed by atoms with E-state index in [0.717, 1.165) is 5.69 Å². The highest BCUT2D eigenvalue weighted by molar-refractivity contribution is 5.63. The Kier molecular flexibility index (Phi) is 5.45. The number of H-pyrrole nitrogens is 3. The molecule has 1 aromatic carbocycles. The summed E-state index contributed by atoms with van der Waals surface area (Å²) in [5, 5.41) is 0.213. The highest BCUT2D eigenvalue weighted by Crippen LogP contribution is 2.28. The molecule has 0 atom stereocenters. The molecule has 8 nitrogen and oxygen atoms in total. The van der Waals surface area contributed by atoms with Crippen LogP contribution in [0.3, 0.4) is 0 Å². The van der Waals surface area contributed by atoms with E-state index in [4.69, 9.17) is 9.47 Å². The van der Waals surface area contributed by atoms with Gasteiger partial charge < -0.3 is 24.4 Å². The Morgan fingerprint density at radius 1 is 0.931 bits per heavy atom. The highest BCUT2D eigenvalue weighted by Gasteiger charge is 2.19. The molecule has 0 aliphatic rings. The first-order valence-electron chi connectivity index (χ1n) is 9.05. The third kappa shape index (κ3) is 4.16. The first-order chi connectivity index (χ1) is 13.7. The summed E-state index contributed by atoms with van der Waals surface area (Å²) in [7, 11) is 3.04. The number of nitrogens with one attached hydrogen (secondary N) is 3. The van der Waals surface area contributed by atoms with Crippen molar-refractivity contribution in [3.8, 4) is 11.5 Å². The van der Waals surface area contributed by atoms with Crippen molar-refractivity contribution >= 4 is 12.2 Å². The third-order valence-corrected chi connectivity index (χ3v) is 4.44. The number of ether oxygens (including phenoxy) is 2. The van der Waals surface area contributed by atoms with Crippen LogP contribution >= 0.6 is 0 Å². The van der Waals surface area contributed by atoms with Gasteiger partial charge in [0.1, 0.15) is 22.2 Å². The number of aromatic nitrogens is 4. The first-order valence-corrected chi connectivity index (χ1v) is 9.05. The van der Waals surface area contributed by atoms with E-state index in [2.05, 4.69) is 19.9 Å². The van der Waals surface area contributed by atoms with Gasteiger partial charge in [-0.2, -0.15) is 0 Å². The van der Waals surface area contributed by atoms with Crippen LogP contribution in [0.2, 0.25) is 0 Å². The van der Waals surface area contributed by atoms with Crippen LogP contribution in [0.5, 0.6) is 11.5 Å². The van der Waals surface area contributed by atoms with Gasteiger partial charge in [0.05, 0.1) is 31.8 Å². The molecule has 152 valence electrons. The second-order valence-electron chi connectivity index (χ2n) is 7.51. The maximum Gasteiger partial charge on any atom is 0.272 e. The maximum atomic E-state index is 12.6. The van der Waals surface area contributed by atoms with E-state index in [1.54, 1.807) is 30.6 Å². The normalized spacial score (nSPS) is 13.0. The quantitative estimate of drug-likeness (QED) is 0.603. The van der Waals surface area contributed by atoms with Crippen molar-refractivity contribution in [1.29, 1.82) is 0 Å². The Labute approximate surface area is 167 Å². The second-order valence-corrected chi connectivity index (χ2v) is 7.51. The fourth-order valence-corrected chi connectivity index (χ4v) is 3.01. The van der Waals surface area contributed by atoms with Crippen LogP contribution in [0.15, 0.2) is 34.1 Å². The average molecular weight is 396 g/mol. The predicted molar refractivity (Wildman–Crippen MR) is 111 cm³/mol. The number of hydrogen-bond donors (Lipinski definition) is 3. The maximum absolute atomic E-state index is 12.6. The van der Waals surface area contributed by atoms with Gasteiger partial charge in [0, 0.05) is 11.1 Å². The minimum atomic E-state index is -0.448. The zero-order valence-corrected chi connectivity index (χ0v) is 17.0. The van der Waals surface area contributed by atoms with Gasteiger partial charge in [-0.1, -0.05) is 26.8 Å². The molecule has 0 saturated carbocycles. The molecule has 3 N–H and O–H groups in total. The summed E-state index contributed by atoms with van der Waals surface area (Å²) in [5.74, 6) is 1.04. The van der Waals surface area contributed by atoms with Gasteiger partial charge in [0.25, 0.3) is 11.1 Å². The van der Waals surface area contributed by atoms with Crippen molar-refractivity contribution in [3.05, 3.63) is 72.9 Å². The molecule has 0 radical (unpaired) electrons. The summed E-state index contributed by atoms with van der Waals surface area (Å²) in [6.07, 6.45) is 4.65. The largest absolute Gasteiger partial charge is 0.496 e. The molecule has 0 fully saturated rings. The number of rotatable bonds is 4. The molecule has 0 amide bonds. The Morgan fingerprint density at radius 3 is 2.00 bits per heavy atom. The molecule has 3 aromatic rings. The third-order valence-electron chi connectivity index (χ3n) is 4.44. The van der Waals surface area contributed by atoms with Crippen molar-refractivity contribution < 1.29 is 9.47 Å². The molecule has 0 aliphatic heterocycles. The van der Waals surface area contributed by atoms with Crippen molar-refractivity contribution in [3.63, 3.8) is 0 Å². The van der Waals surface area contributed by atoms with Crippen LogP contribution in [0.4, 0.5) is 0 Å². The molecule has 0 unspecified atom stereocenters. The molecule has 2 aromatic heterocycles. The summed E-state index contributed by atoms with van der Waals surface area (Å²) in [4.78, 5) is 37.8. The predicted octanol–water partition coefficient (Wildman–Crippen LogP) is 0.759. The lowest BCUT2D eigenvalue weighted by molar-refractivity contribution is 0.392. The van der Waals surface area contributed by atoms with E-state index in [0.29, 0.717) is 22.8 Å². The number of imidazole rings is 1. The van der Waals surface area contributed by atoms with E-state index in [1.807, 2.05) is 20.8 Å². The number of hydrogen-bond acceptors (Lipinski definition) is 5. The fourth-order valence-electron chi connectivity index (χ4n) is 3.01. The molecular formula is C21H24N4O4. The summed E-state index contributed by atoms with van der Waals surface area (Å²) in [5.41, 5.74) is 0.944. The lowest BCUT2D eigenvalue weighted by atomic mass is 9.90. The van der Waals surface area contributed by atoms with Crippen LogP contribution in [0, 0.1) is 0 Å². The van der Waals surface area contributed by atoms with Crippen LogP contribution in [0.1, 0.15) is 37.7 Å². The first kappa shape index (κ1) is 20.2. The highest BCUT2D eigenvalue weighted by atomic mass is 16.5. The molecule has 2 heterocycles. The minimum absolute atomic E-state index is 0.0908. The Balaban J connectivity index is 2.19. The van der Waals surface area contributed by atoms with Gasteiger partial charge in [-0.3, -0.25) is 9.59 Å². The monoisotopic (exact) mass is 396 g/mol. The van der Waals surface area contributed by atoms with Crippen molar-refractivity contribution in [2.45, 2.75) is 26.2 Å². The summed E-state index contributed by atoms with van der Waals surface area (Å²) in [6, 6.07) is 5.26. The van der Waals surface area contributed by atoms with E-state index >= 15 is 0 Å². The van der Waals surface area contributed by atoms with Crippen molar-refractivity contribution in [2.24, 2.45) is 0 Å². The van der Waals surface area contributed by atoms with Crippen LogP contribution in [-0.4, -0.2) is 34.2 Å². The van der Waals surface area contributed by atoms with Gasteiger partial charge in [-0.25, -0.2) is 4.98 Å². The van der Waals surface area contributed by atoms with Gasteiger partial charge in [0.15, 0.2) is 0 Å². The lowest BCUT2D eigenvalue weighted by Crippen LogP contribution is -2.46. The minimum Gasteiger partial charge on any atom is -0.496 e. The number of methoxy groups -OCH3 is 2. The molecule has 3 rings (SSSR count). The van der Waals surface area contributed by atoms with E-state index in [1.165, 1.54) is 20.3 Å². The molecule has 0 saturated heterocycles. The van der Waals surface area contributed by atoms with Gasteiger partial charge >= 0.3 is 0 Å². The smallest absolute Gasteiger partial charge is 0.272 e. The summed E-state index contributed by atoms with van der Waals surface area (Å²) >= 11 is 0. The molecular weight excluding hydrogens is 372 g/mol. The fraction of sp³-hybridized carbons (Fsp3) is 0.286. The number of benzene rings is 1. The topological polar surface area (TPSA) is 113 Å².